The highest BCUT2D eigenvalue weighted by atomic mass is 16.5. The van der Waals surface area contributed by atoms with Gasteiger partial charge in [0.25, 0.3) is 0 Å². The van der Waals surface area contributed by atoms with Crippen molar-refractivity contribution in [2.45, 2.75) is 51.5 Å². The zero-order valence-corrected chi connectivity index (χ0v) is 11.7. The number of benzene rings is 1. The molecule has 1 saturated carbocycles. The smallest absolute Gasteiger partial charge is 0.122 e. The summed E-state index contributed by atoms with van der Waals surface area (Å²) in [6.07, 6.45) is 7.69. The molecule has 1 aromatic carbocycles. The van der Waals surface area contributed by atoms with Crippen molar-refractivity contribution in [3.8, 4) is 5.75 Å². The van der Waals surface area contributed by atoms with Crippen molar-refractivity contribution in [1.82, 2.24) is 5.32 Å². The average Bonchev–Trinajstić information content (AvgIpc) is 2.91. The third-order valence-corrected chi connectivity index (χ3v) is 3.93. The molecule has 2 nitrogen and oxygen atoms in total. The SMILES string of the molecule is CCc1cc(CCNC2CCCC2)ccc1OC. The quantitative estimate of drug-likeness (QED) is 0.832. The molecule has 1 aromatic rings. The zero-order valence-electron chi connectivity index (χ0n) is 11.7. The average molecular weight is 247 g/mol. The first-order valence-corrected chi connectivity index (χ1v) is 7.22. The molecule has 0 aliphatic heterocycles. The molecule has 0 saturated heterocycles. The molecule has 0 radical (unpaired) electrons. The Labute approximate surface area is 111 Å². The van der Waals surface area contributed by atoms with Crippen molar-refractivity contribution in [2.24, 2.45) is 0 Å². The van der Waals surface area contributed by atoms with E-state index in [0.717, 1.165) is 31.2 Å². The van der Waals surface area contributed by atoms with E-state index in [1.165, 1.54) is 36.8 Å². The molecule has 1 fully saturated rings. The molecule has 1 aliphatic carbocycles. The minimum absolute atomic E-state index is 0.772. The van der Waals surface area contributed by atoms with Crippen LogP contribution in [-0.2, 0) is 12.8 Å². The summed E-state index contributed by atoms with van der Waals surface area (Å²) >= 11 is 0. The molecule has 1 N–H and O–H groups in total. The summed E-state index contributed by atoms with van der Waals surface area (Å²) in [4.78, 5) is 0. The minimum atomic E-state index is 0.772. The first-order chi connectivity index (χ1) is 8.83. The van der Waals surface area contributed by atoms with Gasteiger partial charge >= 0.3 is 0 Å². The van der Waals surface area contributed by atoms with Crippen LogP contribution in [0.1, 0.15) is 43.7 Å². The topological polar surface area (TPSA) is 21.3 Å². The van der Waals surface area contributed by atoms with Crippen molar-refractivity contribution >= 4 is 0 Å². The van der Waals surface area contributed by atoms with E-state index in [-0.39, 0.29) is 0 Å². The molecule has 0 atom stereocenters. The molecule has 0 heterocycles. The van der Waals surface area contributed by atoms with Crippen LogP contribution < -0.4 is 10.1 Å². The van der Waals surface area contributed by atoms with Crippen LogP contribution in [0.15, 0.2) is 18.2 Å². The van der Waals surface area contributed by atoms with Crippen LogP contribution >= 0.6 is 0 Å². The number of methoxy groups -OCH3 is 1. The molecule has 2 rings (SSSR count). The normalized spacial score (nSPS) is 16.1. The third-order valence-electron chi connectivity index (χ3n) is 3.93. The molecule has 0 aromatic heterocycles. The number of ether oxygens (including phenoxy) is 1. The van der Waals surface area contributed by atoms with Gasteiger partial charge in [0, 0.05) is 6.04 Å². The molecule has 18 heavy (non-hydrogen) atoms. The molecule has 0 spiro atoms. The number of nitrogens with one attached hydrogen (secondary N) is 1. The van der Waals surface area contributed by atoms with Gasteiger partial charge in [0.1, 0.15) is 5.75 Å². The Balaban J connectivity index is 1.84. The lowest BCUT2D eigenvalue weighted by Gasteiger charge is -2.13. The van der Waals surface area contributed by atoms with Crippen LogP contribution in [0.3, 0.4) is 0 Å². The monoisotopic (exact) mass is 247 g/mol. The highest BCUT2D eigenvalue weighted by Crippen LogP contribution is 2.21. The predicted molar refractivity (Wildman–Crippen MR) is 76.3 cm³/mol. The van der Waals surface area contributed by atoms with Crippen LogP contribution in [0.25, 0.3) is 0 Å². The molecular formula is C16H25NO. The van der Waals surface area contributed by atoms with Gasteiger partial charge in [0.15, 0.2) is 0 Å². The Morgan fingerprint density at radius 3 is 2.72 bits per heavy atom. The van der Waals surface area contributed by atoms with E-state index in [2.05, 4.69) is 30.4 Å². The maximum absolute atomic E-state index is 5.36. The summed E-state index contributed by atoms with van der Waals surface area (Å²) in [5.41, 5.74) is 2.73. The van der Waals surface area contributed by atoms with E-state index >= 15 is 0 Å². The summed E-state index contributed by atoms with van der Waals surface area (Å²) in [6.45, 7) is 3.28. The van der Waals surface area contributed by atoms with Crippen LogP contribution in [0.5, 0.6) is 5.75 Å². The fourth-order valence-electron chi connectivity index (χ4n) is 2.81. The second kappa shape index (κ2) is 6.79. The van der Waals surface area contributed by atoms with Gasteiger partial charge in [-0.3, -0.25) is 0 Å². The first kappa shape index (κ1) is 13.4. The van der Waals surface area contributed by atoms with E-state index in [4.69, 9.17) is 4.74 Å². The largest absolute Gasteiger partial charge is 0.496 e. The van der Waals surface area contributed by atoms with Gasteiger partial charge < -0.3 is 10.1 Å². The fraction of sp³-hybridized carbons (Fsp3) is 0.625. The van der Waals surface area contributed by atoms with Crippen LogP contribution in [0.2, 0.25) is 0 Å². The molecular weight excluding hydrogens is 222 g/mol. The summed E-state index contributed by atoms with van der Waals surface area (Å²) in [5, 5.41) is 3.66. The van der Waals surface area contributed by atoms with E-state index in [1.54, 1.807) is 7.11 Å². The van der Waals surface area contributed by atoms with E-state index < -0.39 is 0 Å². The van der Waals surface area contributed by atoms with Gasteiger partial charge in [-0.1, -0.05) is 31.9 Å². The molecule has 0 amide bonds. The lowest BCUT2D eigenvalue weighted by atomic mass is 10.1. The number of hydrogen-bond acceptors (Lipinski definition) is 2. The van der Waals surface area contributed by atoms with Gasteiger partial charge in [-0.2, -0.15) is 0 Å². The number of rotatable bonds is 6. The van der Waals surface area contributed by atoms with Crippen molar-refractivity contribution in [1.29, 1.82) is 0 Å². The number of aryl methyl sites for hydroxylation is 1. The second-order valence-electron chi connectivity index (χ2n) is 5.19. The predicted octanol–water partition coefficient (Wildman–Crippen LogP) is 3.33. The Kier molecular flexibility index (Phi) is 5.06. The highest BCUT2D eigenvalue weighted by molar-refractivity contribution is 5.37. The minimum Gasteiger partial charge on any atom is -0.496 e. The van der Waals surface area contributed by atoms with Gasteiger partial charge in [0.2, 0.25) is 0 Å². The van der Waals surface area contributed by atoms with Gasteiger partial charge in [-0.05, 0) is 49.4 Å². The van der Waals surface area contributed by atoms with Crippen LogP contribution in [0.4, 0.5) is 0 Å². The maximum Gasteiger partial charge on any atom is 0.122 e. The fourth-order valence-corrected chi connectivity index (χ4v) is 2.81. The molecule has 100 valence electrons. The lowest BCUT2D eigenvalue weighted by Crippen LogP contribution is -2.27. The van der Waals surface area contributed by atoms with Crippen molar-refractivity contribution < 1.29 is 4.74 Å². The van der Waals surface area contributed by atoms with Gasteiger partial charge in [0.05, 0.1) is 7.11 Å². The highest BCUT2D eigenvalue weighted by Gasteiger charge is 2.13. The van der Waals surface area contributed by atoms with E-state index in [0.29, 0.717) is 0 Å². The van der Waals surface area contributed by atoms with E-state index in [9.17, 15) is 0 Å². The Bertz CT molecular complexity index is 369. The molecule has 2 heteroatoms. The first-order valence-electron chi connectivity index (χ1n) is 7.22. The van der Waals surface area contributed by atoms with Crippen LogP contribution in [0, 0.1) is 0 Å². The zero-order chi connectivity index (χ0) is 12.8. The van der Waals surface area contributed by atoms with Crippen molar-refractivity contribution in [2.75, 3.05) is 13.7 Å². The lowest BCUT2D eigenvalue weighted by molar-refractivity contribution is 0.410. The third kappa shape index (κ3) is 3.49. The summed E-state index contributed by atoms with van der Waals surface area (Å²) in [7, 11) is 1.75. The number of hydrogen-bond donors (Lipinski definition) is 1. The Morgan fingerprint density at radius 2 is 2.06 bits per heavy atom. The summed E-state index contributed by atoms with van der Waals surface area (Å²) < 4.78 is 5.36. The standard InChI is InChI=1S/C16H25NO/c1-3-14-12-13(8-9-16(14)18-2)10-11-17-15-6-4-5-7-15/h8-9,12,15,17H,3-7,10-11H2,1-2H3. The second-order valence-corrected chi connectivity index (χ2v) is 5.19. The Hall–Kier alpha value is -1.02. The molecule has 1 aliphatic rings. The Morgan fingerprint density at radius 1 is 1.28 bits per heavy atom. The molecule has 0 bridgehead atoms. The van der Waals surface area contributed by atoms with Crippen molar-refractivity contribution in [3.05, 3.63) is 29.3 Å². The van der Waals surface area contributed by atoms with Crippen molar-refractivity contribution in [3.63, 3.8) is 0 Å². The molecule has 0 unspecified atom stereocenters. The van der Waals surface area contributed by atoms with Gasteiger partial charge in [-0.25, -0.2) is 0 Å². The summed E-state index contributed by atoms with van der Waals surface area (Å²) in [5.74, 6) is 1.02. The van der Waals surface area contributed by atoms with Gasteiger partial charge in [-0.15, -0.1) is 0 Å². The maximum atomic E-state index is 5.36. The van der Waals surface area contributed by atoms with Crippen LogP contribution in [-0.4, -0.2) is 19.7 Å². The van der Waals surface area contributed by atoms with E-state index in [1.807, 2.05) is 0 Å². The summed E-state index contributed by atoms with van der Waals surface area (Å²) in [6, 6.07) is 7.35.